The van der Waals surface area contributed by atoms with E-state index in [2.05, 4.69) is 4.98 Å². The van der Waals surface area contributed by atoms with E-state index in [0.717, 1.165) is 10.9 Å². The van der Waals surface area contributed by atoms with Crippen molar-refractivity contribution in [2.75, 3.05) is 25.9 Å². The zero-order valence-electron chi connectivity index (χ0n) is 11.5. The Morgan fingerprint density at radius 3 is 2.85 bits per heavy atom. The van der Waals surface area contributed by atoms with Gasteiger partial charge in [-0.1, -0.05) is 0 Å². The molecular formula is C14H17N3O3. The fraction of sp³-hybridized carbons (Fsp3) is 0.286. The maximum Gasteiger partial charge on any atom is 0.325 e. The van der Waals surface area contributed by atoms with Crippen molar-refractivity contribution in [2.24, 2.45) is 0 Å². The predicted molar refractivity (Wildman–Crippen MR) is 76.3 cm³/mol. The number of anilines is 1. The number of H-pyrrole nitrogens is 1. The highest BCUT2D eigenvalue weighted by atomic mass is 16.5. The Hall–Kier alpha value is -2.50. The summed E-state index contributed by atoms with van der Waals surface area (Å²) >= 11 is 0. The van der Waals surface area contributed by atoms with Crippen molar-refractivity contribution in [3.63, 3.8) is 0 Å². The number of amides is 1. The average Bonchev–Trinajstić information content (AvgIpc) is 2.80. The van der Waals surface area contributed by atoms with Crippen LogP contribution in [0.4, 0.5) is 5.69 Å². The second kappa shape index (κ2) is 5.64. The van der Waals surface area contributed by atoms with E-state index in [1.807, 2.05) is 0 Å². The van der Waals surface area contributed by atoms with Crippen LogP contribution in [0.25, 0.3) is 10.9 Å². The Bertz CT molecular complexity index is 648. The average molecular weight is 275 g/mol. The first kappa shape index (κ1) is 13.9. The third-order valence-electron chi connectivity index (χ3n) is 2.95. The first-order chi connectivity index (χ1) is 9.52. The second-order valence-corrected chi connectivity index (χ2v) is 4.47. The van der Waals surface area contributed by atoms with E-state index in [0.29, 0.717) is 17.9 Å². The third-order valence-corrected chi connectivity index (χ3v) is 2.95. The third kappa shape index (κ3) is 2.74. The van der Waals surface area contributed by atoms with Crippen LogP contribution in [0.2, 0.25) is 0 Å². The van der Waals surface area contributed by atoms with Gasteiger partial charge in [0.05, 0.1) is 12.2 Å². The number of nitrogen functional groups attached to an aromatic ring is 1. The number of ether oxygens (including phenoxy) is 1. The van der Waals surface area contributed by atoms with Gasteiger partial charge in [0.1, 0.15) is 6.54 Å². The molecule has 0 aliphatic rings. The lowest BCUT2D eigenvalue weighted by atomic mass is 10.1. The fourth-order valence-corrected chi connectivity index (χ4v) is 2.00. The molecule has 1 aromatic carbocycles. The van der Waals surface area contributed by atoms with E-state index in [9.17, 15) is 9.59 Å². The summed E-state index contributed by atoms with van der Waals surface area (Å²) in [7, 11) is 1.56. The van der Waals surface area contributed by atoms with Gasteiger partial charge in [0.25, 0.3) is 5.91 Å². The number of aromatic nitrogens is 1. The quantitative estimate of drug-likeness (QED) is 0.652. The molecule has 1 aromatic heterocycles. The minimum Gasteiger partial charge on any atom is -0.465 e. The molecule has 2 rings (SSSR count). The number of nitrogens with zero attached hydrogens (tertiary/aromatic N) is 1. The van der Waals surface area contributed by atoms with Crippen molar-refractivity contribution < 1.29 is 14.3 Å². The van der Waals surface area contributed by atoms with Gasteiger partial charge in [-0.25, -0.2) is 0 Å². The Balaban J connectivity index is 2.20. The lowest BCUT2D eigenvalue weighted by Crippen LogP contribution is -2.32. The largest absolute Gasteiger partial charge is 0.465 e. The van der Waals surface area contributed by atoms with Crippen LogP contribution in [-0.4, -0.2) is 42.0 Å². The highest BCUT2D eigenvalue weighted by molar-refractivity contribution is 6.07. The lowest BCUT2D eigenvalue weighted by Gasteiger charge is -2.15. The van der Waals surface area contributed by atoms with E-state index in [4.69, 9.17) is 10.5 Å². The number of benzene rings is 1. The van der Waals surface area contributed by atoms with Crippen molar-refractivity contribution in [3.8, 4) is 0 Å². The van der Waals surface area contributed by atoms with Gasteiger partial charge in [0, 0.05) is 29.8 Å². The van der Waals surface area contributed by atoms with E-state index < -0.39 is 5.97 Å². The number of hydrogen-bond donors (Lipinski definition) is 2. The maximum absolute atomic E-state index is 12.3. The van der Waals surface area contributed by atoms with Gasteiger partial charge in [0.15, 0.2) is 0 Å². The van der Waals surface area contributed by atoms with Gasteiger partial charge in [-0.05, 0) is 25.1 Å². The van der Waals surface area contributed by atoms with Crippen LogP contribution < -0.4 is 5.73 Å². The smallest absolute Gasteiger partial charge is 0.325 e. The molecule has 0 saturated carbocycles. The molecule has 0 unspecified atom stereocenters. The van der Waals surface area contributed by atoms with E-state index in [1.165, 1.54) is 4.90 Å². The molecule has 1 heterocycles. The van der Waals surface area contributed by atoms with Gasteiger partial charge in [-0.3, -0.25) is 9.59 Å². The number of fused-ring (bicyclic) bond motifs is 1. The molecule has 0 atom stereocenters. The zero-order chi connectivity index (χ0) is 14.7. The molecule has 0 aliphatic carbocycles. The Morgan fingerprint density at radius 1 is 1.40 bits per heavy atom. The fourth-order valence-electron chi connectivity index (χ4n) is 2.00. The minimum atomic E-state index is -0.424. The molecule has 1 amide bonds. The van der Waals surface area contributed by atoms with Crippen LogP contribution in [0, 0.1) is 0 Å². The van der Waals surface area contributed by atoms with E-state index in [-0.39, 0.29) is 12.5 Å². The Morgan fingerprint density at radius 2 is 2.15 bits per heavy atom. The summed E-state index contributed by atoms with van der Waals surface area (Å²) in [5, 5.41) is 0.778. The molecule has 0 bridgehead atoms. The highest BCUT2D eigenvalue weighted by Gasteiger charge is 2.18. The molecule has 3 N–H and O–H groups in total. The monoisotopic (exact) mass is 275 g/mol. The van der Waals surface area contributed by atoms with E-state index >= 15 is 0 Å². The van der Waals surface area contributed by atoms with Gasteiger partial charge in [-0.2, -0.15) is 0 Å². The standard InChI is InChI=1S/C14H17N3O3/c1-3-20-13(18)8-17(2)14(19)11-7-16-12-6-9(15)4-5-10(11)12/h4-7,16H,3,8,15H2,1-2H3. The highest BCUT2D eigenvalue weighted by Crippen LogP contribution is 2.21. The number of hydrogen-bond acceptors (Lipinski definition) is 4. The number of carbonyl (C=O) groups excluding carboxylic acids is 2. The lowest BCUT2D eigenvalue weighted by molar-refractivity contribution is -0.143. The number of carbonyl (C=O) groups is 2. The van der Waals surface area contributed by atoms with Crippen LogP contribution in [0.3, 0.4) is 0 Å². The minimum absolute atomic E-state index is 0.0751. The van der Waals surface area contributed by atoms with Gasteiger partial charge in [0.2, 0.25) is 0 Å². The van der Waals surface area contributed by atoms with Crippen LogP contribution >= 0.6 is 0 Å². The summed E-state index contributed by atoms with van der Waals surface area (Å²) in [4.78, 5) is 28.0. The number of nitrogens with two attached hydrogens (primary N) is 1. The van der Waals surface area contributed by atoms with Crippen LogP contribution in [-0.2, 0) is 9.53 Å². The van der Waals surface area contributed by atoms with Gasteiger partial charge < -0.3 is 20.4 Å². The van der Waals surface area contributed by atoms with Gasteiger partial charge in [-0.15, -0.1) is 0 Å². The summed E-state index contributed by atoms with van der Waals surface area (Å²) in [6.07, 6.45) is 1.62. The van der Waals surface area contributed by atoms with Crippen molar-refractivity contribution in [1.82, 2.24) is 9.88 Å². The Kier molecular flexibility index (Phi) is 3.93. The number of rotatable bonds is 4. The summed E-state index contributed by atoms with van der Waals surface area (Å²) in [6, 6.07) is 5.28. The molecule has 0 radical (unpaired) electrons. The normalized spacial score (nSPS) is 10.5. The molecule has 6 heteroatoms. The van der Waals surface area contributed by atoms with Crippen molar-refractivity contribution >= 4 is 28.5 Å². The molecule has 0 fully saturated rings. The predicted octanol–water partition coefficient (Wildman–Crippen LogP) is 1.39. The topological polar surface area (TPSA) is 88.4 Å². The van der Waals surface area contributed by atoms with Crippen LogP contribution in [0.1, 0.15) is 17.3 Å². The molecule has 2 aromatic rings. The molecule has 0 aliphatic heterocycles. The number of aromatic amines is 1. The molecule has 0 spiro atoms. The first-order valence-corrected chi connectivity index (χ1v) is 6.30. The number of esters is 1. The molecule has 106 valence electrons. The summed E-state index contributed by atoms with van der Waals surface area (Å²) in [5.74, 6) is -0.665. The molecule has 0 saturated heterocycles. The zero-order valence-corrected chi connectivity index (χ0v) is 11.5. The van der Waals surface area contributed by atoms with Crippen molar-refractivity contribution in [1.29, 1.82) is 0 Å². The number of nitrogens with one attached hydrogen (secondary N) is 1. The van der Waals surface area contributed by atoms with Crippen molar-refractivity contribution in [2.45, 2.75) is 6.92 Å². The SMILES string of the molecule is CCOC(=O)CN(C)C(=O)c1c[nH]c2cc(N)ccc12. The van der Waals surface area contributed by atoms with Crippen molar-refractivity contribution in [3.05, 3.63) is 30.0 Å². The summed E-state index contributed by atoms with van der Waals surface area (Å²) in [5.41, 5.74) is 7.61. The van der Waals surface area contributed by atoms with Crippen LogP contribution in [0.5, 0.6) is 0 Å². The summed E-state index contributed by atoms with van der Waals surface area (Å²) < 4.78 is 4.83. The first-order valence-electron chi connectivity index (χ1n) is 6.30. The second-order valence-electron chi connectivity index (χ2n) is 4.47. The summed E-state index contributed by atoms with van der Waals surface area (Å²) in [6.45, 7) is 1.95. The van der Waals surface area contributed by atoms with Gasteiger partial charge >= 0.3 is 5.97 Å². The number of likely N-dealkylation sites (N-methyl/N-ethyl adjacent to an activating group) is 1. The Labute approximate surface area is 116 Å². The van der Waals surface area contributed by atoms with E-state index in [1.54, 1.807) is 38.4 Å². The molecule has 20 heavy (non-hydrogen) atoms. The molecule has 6 nitrogen and oxygen atoms in total. The maximum atomic E-state index is 12.3. The van der Waals surface area contributed by atoms with Crippen LogP contribution in [0.15, 0.2) is 24.4 Å². The molecular weight excluding hydrogens is 258 g/mol.